The summed E-state index contributed by atoms with van der Waals surface area (Å²) in [6.07, 6.45) is 1.39. The van der Waals surface area contributed by atoms with Crippen LogP contribution in [0.15, 0.2) is 65.6 Å². The summed E-state index contributed by atoms with van der Waals surface area (Å²) in [5, 5.41) is 11.0. The number of carbonyl (C=O) groups is 3. The summed E-state index contributed by atoms with van der Waals surface area (Å²) in [6.45, 7) is 3.66. The van der Waals surface area contributed by atoms with E-state index < -0.39 is 10.0 Å². The first-order valence-corrected chi connectivity index (χ1v) is 15.1. The van der Waals surface area contributed by atoms with Crippen molar-refractivity contribution in [3.8, 4) is 0 Å². The van der Waals surface area contributed by atoms with Crippen LogP contribution in [0.25, 0.3) is 10.8 Å². The highest BCUT2D eigenvalue weighted by Gasteiger charge is 2.28. The molecule has 0 spiro atoms. The van der Waals surface area contributed by atoms with E-state index in [0.29, 0.717) is 54.6 Å². The lowest BCUT2D eigenvalue weighted by Gasteiger charge is -2.31. The largest absolute Gasteiger partial charge is 0.483 e. The highest BCUT2D eigenvalue weighted by Crippen LogP contribution is 2.30. The van der Waals surface area contributed by atoms with Crippen molar-refractivity contribution in [1.29, 1.82) is 0 Å². The summed E-state index contributed by atoms with van der Waals surface area (Å²) < 4.78 is 35.1. The van der Waals surface area contributed by atoms with E-state index in [1.54, 1.807) is 41.3 Å². The molecule has 0 bridgehead atoms. The molecule has 0 saturated carbocycles. The molecule has 4 rings (SSSR count). The molecule has 1 fully saturated rings. The van der Waals surface area contributed by atoms with Crippen LogP contribution in [0.2, 0.25) is 0 Å². The number of piperidine rings is 1. The summed E-state index contributed by atoms with van der Waals surface area (Å²) >= 11 is 0. The van der Waals surface area contributed by atoms with E-state index in [1.165, 1.54) is 6.07 Å². The second kappa shape index (κ2) is 15.3. The van der Waals surface area contributed by atoms with Gasteiger partial charge in [0.15, 0.2) is 0 Å². The molecule has 1 aliphatic heterocycles. The van der Waals surface area contributed by atoms with E-state index >= 15 is 0 Å². The van der Waals surface area contributed by atoms with Crippen LogP contribution in [0.5, 0.6) is 0 Å². The Morgan fingerprint density at radius 2 is 1.64 bits per heavy atom. The van der Waals surface area contributed by atoms with E-state index in [-0.39, 0.29) is 29.4 Å². The topological polar surface area (TPSA) is 145 Å². The Morgan fingerprint density at radius 1 is 1.02 bits per heavy atom. The van der Waals surface area contributed by atoms with Crippen LogP contribution in [-0.2, 0) is 19.6 Å². The van der Waals surface area contributed by atoms with Gasteiger partial charge in [0.25, 0.3) is 12.4 Å². The molecule has 0 unspecified atom stereocenters. The van der Waals surface area contributed by atoms with E-state index in [4.69, 9.17) is 14.6 Å². The van der Waals surface area contributed by atoms with Crippen molar-refractivity contribution in [3.63, 3.8) is 0 Å². The lowest BCUT2D eigenvalue weighted by atomic mass is 10.1. The number of benzene rings is 3. The van der Waals surface area contributed by atoms with Crippen LogP contribution in [0.4, 0.5) is 10.5 Å². The lowest BCUT2D eigenvalue weighted by molar-refractivity contribution is -0.122. The molecule has 42 heavy (non-hydrogen) atoms. The summed E-state index contributed by atoms with van der Waals surface area (Å²) in [4.78, 5) is 37.4. The third-order valence-corrected chi connectivity index (χ3v) is 8.44. The molecule has 3 N–H and O–H groups in total. The van der Waals surface area contributed by atoms with Gasteiger partial charge in [-0.1, -0.05) is 42.5 Å². The zero-order valence-corrected chi connectivity index (χ0v) is 24.9. The maximum absolute atomic E-state index is 13.5. The second-order valence-corrected chi connectivity index (χ2v) is 11.9. The molecule has 0 aliphatic carbocycles. The highest BCUT2D eigenvalue weighted by atomic mass is 32.2. The molecule has 2 amide bonds. The SMILES string of the molecule is Cc1ccccc1C(=O)Nc1ccc(S(=O)(=O)NC2CCN(C(=O)OCCCN(C)C)CC2)c2ccccc12.O=CO. The summed E-state index contributed by atoms with van der Waals surface area (Å²) in [5.41, 5.74) is 1.95. The van der Waals surface area contributed by atoms with Crippen molar-refractivity contribution in [2.75, 3.05) is 45.7 Å². The van der Waals surface area contributed by atoms with Crippen LogP contribution in [0.3, 0.4) is 0 Å². The zero-order valence-electron chi connectivity index (χ0n) is 24.1. The number of carbonyl (C=O) groups excluding carboxylic acids is 2. The minimum absolute atomic E-state index is 0.148. The van der Waals surface area contributed by atoms with Gasteiger partial charge in [0, 0.05) is 47.7 Å². The van der Waals surface area contributed by atoms with Gasteiger partial charge >= 0.3 is 6.09 Å². The van der Waals surface area contributed by atoms with Gasteiger partial charge in [-0.3, -0.25) is 9.59 Å². The van der Waals surface area contributed by atoms with Crippen molar-refractivity contribution in [3.05, 3.63) is 71.8 Å². The third kappa shape index (κ3) is 8.75. The lowest BCUT2D eigenvalue weighted by Crippen LogP contribution is -2.46. The normalized spacial score (nSPS) is 13.8. The van der Waals surface area contributed by atoms with Gasteiger partial charge in [0.2, 0.25) is 10.0 Å². The average Bonchev–Trinajstić information content (AvgIpc) is 2.96. The highest BCUT2D eigenvalue weighted by molar-refractivity contribution is 7.89. The minimum Gasteiger partial charge on any atom is -0.483 e. The van der Waals surface area contributed by atoms with Gasteiger partial charge in [-0.2, -0.15) is 0 Å². The maximum Gasteiger partial charge on any atom is 0.409 e. The van der Waals surface area contributed by atoms with Crippen LogP contribution < -0.4 is 10.0 Å². The van der Waals surface area contributed by atoms with Crippen molar-refractivity contribution in [2.45, 2.75) is 37.1 Å². The number of aryl methyl sites for hydroxylation is 1. The number of anilines is 1. The number of amides is 2. The molecular formula is C30H38N4O7S. The first kappa shape index (κ1) is 32.5. The fraction of sp³-hybridized carbons (Fsp3) is 0.367. The number of nitrogens with one attached hydrogen (secondary N) is 2. The van der Waals surface area contributed by atoms with Crippen LogP contribution in [0, 0.1) is 6.92 Å². The summed E-state index contributed by atoms with van der Waals surface area (Å²) in [5.74, 6) is -0.255. The van der Waals surface area contributed by atoms with Crippen molar-refractivity contribution in [1.82, 2.24) is 14.5 Å². The molecule has 0 radical (unpaired) electrons. The van der Waals surface area contributed by atoms with Gasteiger partial charge in [-0.05, 0) is 64.0 Å². The Morgan fingerprint density at radius 3 is 2.29 bits per heavy atom. The number of sulfonamides is 1. The third-order valence-electron chi connectivity index (χ3n) is 6.86. The molecular weight excluding hydrogens is 560 g/mol. The number of likely N-dealkylation sites (tertiary alicyclic amines) is 1. The molecule has 11 nitrogen and oxygen atoms in total. The maximum atomic E-state index is 13.5. The second-order valence-electron chi connectivity index (χ2n) is 10.2. The number of ether oxygens (including phenoxy) is 1. The van der Waals surface area contributed by atoms with Crippen molar-refractivity contribution in [2.24, 2.45) is 0 Å². The average molecular weight is 599 g/mol. The van der Waals surface area contributed by atoms with Gasteiger partial charge in [-0.15, -0.1) is 0 Å². The predicted octanol–water partition coefficient (Wildman–Crippen LogP) is 3.93. The van der Waals surface area contributed by atoms with E-state index in [0.717, 1.165) is 18.5 Å². The van der Waals surface area contributed by atoms with E-state index in [1.807, 2.05) is 44.1 Å². The first-order chi connectivity index (χ1) is 20.1. The van der Waals surface area contributed by atoms with Crippen molar-refractivity contribution >= 4 is 45.0 Å². The molecule has 1 saturated heterocycles. The van der Waals surface area contributed by atoms with Crippen LogP contribution >= 0.6 is 0 Å². The fourth-order valence-corrected chi connectivity index (χ4v) is 6.24. The van der Waals surface area contributed by atoms with Gasteiger partial charge in [-0.25, -0.2) is 17.9 Å². The number of rotatable bonds is 9. The summed E-state index contributed by atoms with van der Waals surface area (Å²) in [6, 6.07) is 17.3. The molecule has 0 atom stereocenters. The first-order valence-electron chi connectivity index (χ1n) is 13.6. The van der Waals surface area contributed by atoms with Gasteiger partial charge < -0.3 is 25.0 Å². The standard InChI is InChI=1S/C29H36N4O5S.CH2O2/c1-21-9-4-5-10-23(21)28(34)30-26-13-14-27(25-12-7-6-11-24(25)26)39(36,37)31-22-15-18-33(19-16-22)29(35)38-20-8-17-32(2)3;2-1-3/h4-7,9-14,22,31H,8,15-20H2,1-3H3,(H,30,34);1H,(H,2,3). The molecule has 226 valence electrons. The quantitative estimate of drug-likeness (QED) is 0.248. The Bertz CT molecular complexity index is 1490. The van der Waals surface area contributed by atoms with Crippen LogP contribution in [-0.4, -0.2) is 88.2 Å². The fourth-order valence-electron chi connectivity index (χ4n) is 4.73. The number of hydrogen-bond donors (Lipinski definition) is 3. The minimum atomic E-state index is -3.86. The predicted molar refractivity (Wildman–Crippen MR) is 161 cm³/mol. The molecule has 12 heteroatoms. The van der Waals surface area contributed by atoms with Gasteiger partial charge in [0.1, 0.15) is 0 Å². The Labute approximate surface area is 246 Å². The van der Waals surface area contributed by atoms with E-state index in [2.05, 4.69) is 10.0 Å². The number of carboxylic acid groups (broad SMARTS) is 1. The molecule has 0 aromatic heterocycles. The number of fused-ring (bicyclic) bond motifs is 1. The van der Waals surface area contributed by atoms with Crippen LogP contribution in [0.1, 0.15) is 35.2 Å². The van der Waals surface area contributed by atoms with E-state index in [9.17, 15) is 18.0 Å². The summed E-state index contributed by atoms with van der Waals surface area (Å²) in [7, 11) is 0.0793. The Balaban J connectivity index is 0.00000155. The molecule has 3 aromatic rings. The number of nitrogens with zero attached hydrogens (tertiary/aromatic N) is 2. The molecule has 3 aromatic carbocycles. The van der Waals surface area contributed by atoms with Gasteiger partial charge in [0.05, 0.1) is 11.5 Å². The Kier molecular flexibility index (Phi) is 11.8. The number of hydrogen-bond acceptors (Lipinski definition) is 7. The molecule has 1 aliphatic rings. The monoisotopic (exact) mass is 598 g/mol. The smallest absolute Gasteiger partial charge is 0.409 e. The zero-order chi connectivity index (χ0) is 30.7. The van der Waals surface area contributed by atoms with Crippen molar-refractivity contribution < 1.29 is 32.6 Å². The molecule has 1 heterocycles. The Hall–Kier alpha value is -4.00.